The van der Waals surface area contributed by atoms with Gasteiger partial charge in [-0.3, -0.25) is 4.79 Å². The van der Waals surface area contributed by atoms with E-state index in [1.807, 2.05) is 78.9 Å². The number of Topliss-reactive ketones (excluding diaryl/α,β-unsaturated/α-hetero) is 1. The van der Waals surface area contributed by atoms with Crippen LogP contribution in [0.4, 0.5) is 5.69 Å². The molecule has 3 aromatic carbocycles. The Bertz CT molecular complexity index is 846. The van der Waals surface area contributed by atoms with E-state index in [1.54, 1.807) is 7.11 Å². The maximum absolute atomic E-state index is 12.8. The second kappa shape index (κ2) is 8.68. The second-order valence-corrected chi connectivity index (χ2v) is 6.89. The fourth-order valence-corrected chi connectivity index (χ4v) is 3.03. The van der Waals surface area contributed by atoms with E-state index < -0.39 is 0 Å². The van der Waals surface area contributed by atoms with Crippen LogP contribution in [0.5, 0.6) is 5.75 Å². The van der Waals surface area contributed by atoms with Crippen molar-refractivity contribution in [2.45, 2.75) is 12.5 Å². The molecule has 0 fully saturated rings. The molecule has 3 nitrogen and oxygen atoms in total. The van der Waals surface area contributed by atoms with Crippen LogP contribution in [0, 0.1) is 0 Å². The van der Waals surface area contributed by atoms with Crippen molar-refractivity contribution in [1.82, 2.24) is 0 Å². The van der Waals surface area contributed by atoms with Crippen molar-refractivity contribution in [3.63, 3.8) is 0 Å². The normalized spacial score (nSPS) is 11.6. The number of ether oxygens (including phenoxy) is 1. The molecule has 0 aromatic heterocycles. The number of hydrogen-bond acceptors (Lipinski definition) is 3. The van der Waals surface area contributed by atoms with Crippen LogP contribution in [0.2, 0.25) is 0 Å². The molecule has 0 aliphatic heterocycles. The van der Waals surface area contributed by atoms with E-state index >= 15 is 0 Å². The molecule has 4 heteroatoms. The van der Waals surface area contributed by atoms with E-state index in [1.165, 1.54) is 0 Å². The Balaban J connectivity index is 1.81. The first-order valence-electron chi connectivity index (χ1n) is 8.40. The molecular weight excluding hydrogens is 390 g/mol. The third-order valence-corrected chi connectivity index (χ3v) is 4.72. The van der Waals surface area contributed by atoms with E-state index in [0.29, 0.717) is 12.0 Å². The summed E-state index contributed by atoms with van der Waals surface area (Å²) in [6.45, 7) is 0. The molecule has 1 N–H and O–H groups in total. The average molecular weight is 410 g/mol. The summed E-state index contributed by atoms with van der Waals surface area (Å²) in [5, 5.41) is 3.47. The lowest BCUT2D eigenvalue weighted by molar-refractivity contribution is 0.0976. The van der Waals surface area contributed by atoms with Gasteiger partial charge in [0.25, 0.3) is 0 Å². The Morgan fingerprint density at radius 1 is 0.962 bits per heavy atom. The number of ketones is 1. The van der Waals surface area contributed by atoms with Crippen molar-refractivity contribution in [2.24, 2.45) is 0 Å². The van der Waals surface area contributed by atoms with Crippen LogP contribution in [-0.2, 0) is 0 Å². The molecule has 1 atom stereocenters. The standard InChI is InChI=1S/C22H20BrNO2/c1-26-20-13-11-19(12-14-20)24-21(16-5-3-2-4-6-16)15-22(25)17-7-9-18(23)10-8-17/h2-14,21,24H,15H2,1H3/t21-/m1/s1. The van der Waals surface area contributed by atoms with E-state index in [-0.39, 0.29) is 11.8 Å². The van der Waals surface area contributed by atoms with Crippen LogP contribution in [0.15, 0.2) is 83.3 Å². The number of anilines is 1. The van der Waals surface area contributed by atoms with Gasteiger partial charge in [-0.05, 0) is 42.0 Å². The lowest BCUT2D eigenvalue weighted by Gasteiger charge is -2.20. The summed E-state index contributed by atoms with van der Waals surface area (Å²) in [5.41, 5.74) is 2.74. The highest BCUT2D eigenvalue weighted by atomic mass is 79.9. The molecule has 3 rings (SSSR count). The summed E-state index contributed by atoms with van der Waals surface area (Å²) in [5.74, 6) is 0.908. The molecule has 132 valence electrons. The predicted octanol–water partition coefficient (Wildman–Crippen LogP) is 5.88. The first kappa shape index (κ1) is 18.2. The summed E-state index contributed by atoms with van der Waals surface area (Å²) < 4.78 is 6.17. The average Bonchev–Trinajstić information content (AvgIpc) is 2.69. The van der Waals surface area contributed by atoms with Crippen LogP contribution in [0.1, 0.15) is 28.4 Å². The lowest BCUT2D eigenvalue weighted by atomic mass is 9.97. The zero-order valence-electron chi connectivity index (χ0n) is 14.5. The topological polar surface area (TPSA) is 38.3 Å². The van der Waals surface area contributed by atoms with Crippen molar-refractivity contribution in [3.05, 3.63) is 94.5 Å². The maximum atomic E-state index is 12.8. The Hall–Kier alpha value is -2.59. The minimum absolute atomic E-state index is 0.104. The quantitative estimate of drug-likeness (QED) is 0.494. The molecule has 0 saturated heterocycles. The first-order valence-corrected chi connectivity index (χ1v) is 9.19. The van der Waals surface area contributed by atoms with E-state index in [2.05, 4.69) is 21.2 Å². The second-order valence-electron chi connectivity index (χ2n) is 5.97. The van der Waals surface area contributed by atoms with Crippen molar-refractivity contribution in [1.29, 1.82) is 0 Å². The summed E-state index contributed by atoms with van der Waals surface area (Å²) in [6, 6.07) is 25.1. The number of hydrogen-bond donors (Lipinski definition) is 1. The van der Waals surface area contributed by atoms with Gasteiger partial charge in [-0.25, -0.2) is 0 Å². The van der Waals surface area contributed by atoms with Gasteiger partial charge < -0.3 is 10.1 Å². The number of carbonyl (C=O) groups excluding carboxylic acids is 1. The van der Waals surface area contributed by atoms with Gasteiger partial charge in [-0.15, -0.1) is 0 Å². The SMILES string of the molecule is COc1ccc(N[C@H](CC(=O)c2ccc(Br)cc2)c2ccccc2)cc1. The largest absolute Gasteiger partial charge is 0.497 e. The van der Waals surface area contributed by atoms with Gasteiger partial charge in [-0.1, -0.05) is 58.4 Å². The molecule has 0 saturated carbocycles. The number of nitrogens with one attached hydrogen (secondary N) is 1. The Morgan fingerprint density at radius 3 is 2.23 bits per heavy atom. The zero-order chi connectivity index (χ0) is 18.4. The molecule has 0 radical (unpaired) electrons. The highest BCUT2D eigenvalue weighted by molar-refractivity contribution is 9.10. The Labute approximate surface area is 162 Å². The molecule has 0 unspecified atom stereocenters. The Morgan fingerprint density at radius 2 is 1.62 bits per heavy atom. The van der Waals surface area contributed by atoms with Gasteiger partial charge in [-0.2, -0.15) is 0 Å². The van der Waals surface area contributed by atoms with Crippen LogP contribution in [0.25, 0.3) is 0 Å². The summed E-state index contributed by atoms with van der Waals surface area (Å²) in [7, 11) is 1.64. The molecule has 0 heterocycles. The highest BCUT2D eigenvalue weighted by Crippen LogP contribution is 2.26. The number of carbonyl (C=O) groups is 1. The first-order chi connectivity index (χ1) is 12.7. The third kappa shape index (κ3) is 4.73. The van der Waals surface area contributed by atoms with E-state index in [4.69, 9.17) is 4.74 Å². The number of rotatable bonds is 7. The van der Waals surface area contributed by atoms with Gasteiger partial charge in [0.2, 0.25) is 0 Å². The monoisotopic (exact) mass is 409 g/mol. The van der Waals surface area contributed by atoms with Gasteiger partial charge in [0.15, 0.2) is 5.78 Å². The highest BCUT2D eigenvalue weighted by Gasteiger charge is 2.17. The maximum Gasteiger partial charge on any atom is 0.165 e. The minimum atomic E-state index is -0.110. The fourth-order valence-electron chi connectivity index (χ4n) is 2.77. The third-order valence-electron chi connectivity index (χ3n) is 4.19. The van der Waals surface area contributed by atoms with Crippen molar-refractivity contribution in [3.8, 4) is 5.75 Å². The number of halogens is 1. The smallest absolute Gasteiger partial charge is 0.165 e. The number of methoxy groups -OCH3 is 1. The summed E-state index contributed by atoms with van der Waals surface area (Å²) >= 11 is 3.40. The van der Waals surface area contributed by atoms with Crippen molar-refractivity contribution >= 4 is 27.4 Å². The number of benzene rings is 3. The molecule has 0 spiro atoms. The fraction of sp³-hybridized carbons (Fsp3) is 0.136. The lowest BCUT2D eigenvalue weighted by Crippen LogP contribution is -2.15. The summed E-state index contributed by atoms with van der Waals surface area (Å²) in [6.07, 6.45) is 0.373. The van der Waals surface area contributed by atoms with Crippen LogP contribution < -0.4 is 10.1 Å². The van der Waals surface area contributed by atoms with Crippen LogP contribution in [0.3, 0.4) is 0 Å². The van der Waals surface area contributed by atoms with Gasteiger partial charge in [0.05, 0.1) is 13.2 Å². The van der Waals surface area contributed by atoms with Gasteiger partial charge in [0.1, 0.15) is 5.75 Å². The molecular formula is C22H20BrNO2. The molecule has 0 bridgehead atoms. The molecule has 0 aliphatic carbocycles. The van der Waals surface area contributed by atoms with Crippen LogP contribution in [-0.4, -0.2) is 12.9 Å². The van der Waals surface area contributed by atoms with Gasteiger partial charge in [0, 0.05) is 22.1 Å². The molecule has 0 amide bonds. The van der Waals surface area contributed by atoms with E-state index in [0.717, 1.165) is 21.5 Å². The molecule has 0 aliphatic rings. The van der Waals surface area contributed by atoms with Crippen molar-refractivity contribution < 1.29 is 9.53 Å². The van der Waals surface area contributed by atoms with Crippen LogP contribution >= 0.6 is 15.9 Å². The molecule has 26 heavy (non-hydrogen) atoms. The van der Waals surface area contributed by atoms with Crippen molar-refractivity contribution in [2.75, 3.05) is 12.4 Å². The zero-order valence-corrected chi connectivity index (χ0v) is 16.1. The predicted molar refractivity (Wildman–Crippen MR) is 109 cm³/mol. The van der Waals surface area contributed by atoms with E-state index in [9.17, 15) is 4.79 Å². The minimum Gasteiger partial charge on any atom is -0.497 e. The Kier molecular flexibility index (Phi) is 6.08. The van der Waals surface area contributed by atoms with Gasteiger partial charge >= 0.3 is 0 Å². The summed E-state index contributed by atoms with van der Waals surface area (Å²) in [4.78, 5) is 12.8. The molecule has 3 aromatic rings.